The maximum absolute atomic E-state index is 10.7. The lowest BCUT2D eigenvalue weighted by Crippen LogP contribution is -2.39. The van der Waals surface area contributed by atoms with Gasteiger partial charge >= 0.3 is 6.09 Å². The number of cyclic esters (lactones) is 1. The standard InChI is InChI=1S/C10H13NO4/c12-5-9-2-1-8(15-9)3-7-4-11-10(13)14-6-7/h1-2,7,12H,3-6H2,(H,11,13)/t7-/m0/s1. The number of hydrogen-bond acceptors (Lipinski definition) is 4. The quantitative estimate of drug-likeness (QED) is 0.770. The lowest BCUT2D eigenvalue weighted by molar-refractivity contribution is 0.101. The van der Waals surface area contributed by atoms with Gasteiger partial charge in [-0.25, -0.2) is 4.79 Å². The second kappa shape index (κ2) is 4.35. The first-order valence-electron chi connectivity index (χ1n) is 4.87. The van der Waals surface area contributed by atoms with Crippen LogP contribution in [0.15, 0.2) is 16.5 Å². The Morgan fingerprint density at radius 3 is 2.87 bits per heavy atom. The third-order valence-electron chi connectivity index (χ3n) is 2.35. The van der Waals surface area contributed by atoms with E-state index in [4.69, 9.17) is 14.3 Å². The smallest absolute Gasteiger partial charge is 0.407 e. The minimum Gasteiger partial charge on any atom is -0.464 e. The van der Waals surface area contributed by atoms with E-state index >= 15 is 0 Å². The normalized spacial score (nSPS) is 20.9. The molecule has 0 spiro atoms. The van der Waals surface area contributed by atoms with Crippen molar-refractivity contribution in [3.8, 4) is 0 Å². The highest BCUT2D eigenvalue weighted by atomic mass is 16.6. The summed E-state index contributed by atoms with van der Waals surface area (Å²) in [5.41, 5.74) is 0. The molecule has 0 bridgehead atoms. The van der Waals surface area contributed by atoms with Crippen LogP contribution in [0.2, 0.25) is 0 Å². The van der Waals surface area contributed by atoms with E-state index in [1.54, 1.807) is 6.07 Å². The molecule has 1 aromatic heterocycles. The molecule has 0 aliphatic carbocycles. The van der Waals surface area contributed by atoms with Crippen molar-refractivity contribution in [2.45, 2.75) is 13.0 Å². The van der Waals surface area contributed by atoms with Crippen molar-refractivity contribution in [3.63, 3.8) is 0 Å². The Morgan fingerprint density at radius 1 is 1.47 bits per heavy atom. The predicted molar refractivity (Wildman–Crippen MR) is 51.2 cm³/mol. The molecule has 1 aromatic rings. The van der Waals surface area contributed by atoms with Gasteiger partial charge in [0.2, 0.25) is 0 Å². The van der Waals surface area contributed by atoms with Gasteiger partial charge in [0.05, 0.1) is 6.61 Å². The average Bonchev–Trinajstić information content (AvgIpc) is 2.69. The summed E-state index contributed by atoms with van der Waals surface area (Å²) in [7, 11) is 0. The largest absolute Gasteiger partial charge is 0.464 e. The number of aliphatic hydroxyl groups is 1. The molecule has 2 rings (SSSR count). The summed E-state index contributed by atoms with van der Waals surface area (Å²) < 4.78 is 10.2. The highest BCUT2D eigenvalue weighted by Crippen LogP contribution is 2.14. The van der Waals surface area contributed by atoms with Crippen LogP contribution in [0.5, 0.6) is 0 Å². The third kappa shape index (κ3) is 2.50. The van der Waals surface area contributed by atoms with Crippen LogP contribution in [0.3, 0.4) is 0 Å². The van der Waals surface area contributed by atoms with Crippen molar-refractivity contribution >= 4 is 6.09 Å². The van der Waals surface area contributed by atoms with Crippen LogP contribution in [0.25, 0.3) is 0 Å². The van der Waals surface area contributed by atoms with E-state index in [1.807, 2.05) is 6.07 Å². The summed E-state index contributed by atoms with van der Waals surface area (Å²) in [6.07, 6.45) is 0.349. The van der Waals surface area contributed by atoms with Crippen LogP contribution in [-0.4, -0.2) is 24.4 Å². The second-order valence-electron chi connectivity index (χ2n) is 3.58. The molecule has 2 heterocycles. The topological polar surface area (TPSA) is 71.7 Å². The lowest BCUT2D eigenvalue weighted by Gasteiger charge is -2.21. The molecule has 1 amide bonds. The van der Waals surface area contributed by atoms with E-state index in [1.165, 1.54) is 0 Å². The Morgan fingerprint density at radius 2 is 2.27 bits per heavy atom. The summed E-state index contributed by atoms with van der Waals surface area (Å²) in [6.45, 7) is 0.937. The molecule has 0 unspecified atom stereocenters. The van der Waals surface area contributed by atoms with Gasteiger partial charge in [0.25, 0.3) is 0 Å². The van der Waals surface area contributed by atoms with Crippen molar-refractivity contribution in [2.75, 3.05) is 13.2 Å². The zero-order chi connectivity index (χ0) is 10.7. The van der Waals surface area contributed by atoms with Crippen molar-refractivity contribution in [1.82, 2.24) is 5.32 Å². The summed E-state index contributed by atoms with van der Waals surface area (Å²) in [4.78, 5) is 10.7. The van der Waals surface area contributed by atoms with Gasteiger partial charge in [0.15, 0.2) is 0 Å². The fourth-order valence-electron chi connectivity index (χ4n) is 1.56. The van der Waals surface area contributed by atoms with E-state index in [9.17, 15) is 4.79 Å². The van der Waals surface area contributed by atoms with Crippen LogP contribution in [0.1, 0.15) is 11.5 Å². The number of aliphatic hydroxyl groups excluding tert-OH is 1. The SMILES string of the molecule is O=C1NC[C@H](Cc2ccc(CO)o2)CO1. The van der Waals surface area contributed by atoms with Gasteiger partial charge < -0.3 is 19.6 Å². The molecule has 15 heavy (non-hydrogen) atoms. The number of rotatable bonds is 3. The van der Waals surface area contributed by atoms with Gasteiger partial charge in [0, 0.05) is 18.9 Å². The molecule has 0 saturated carbocycles. The number of nitrogens with one attached hydrogen (secondary N) is 1. The Labute approximate surface area is 87.0 Å². The third-order valence-corrected chi connectivity index (χ3v) is 2.35. The first kappa shape index (κ1) is 10.0. The monoisotopic (exact) mass is 211 g/mol. The highest BCUT2D eigenvalue weighted by molar-refractivity contribution is 5.67. The maximum Gasteiger partial charge on any atom is 0.407 e. The molecule has 1 aliphatic heterocycles. The first-order valence-corrected chi connectivity index (χ1v) is 4.87. The molecule has 5 heteroatoms. The van der Waals surface area contributed by atoms with E-state index in [-0.39, 0.29) is 18.6 Å². The zero-order valence-corrected chi connectivity index (χ0v) is 8.23. The molecule has 1 aliphatic rings. The predicted octanol–water partition coefficient (Wildman–Crippen LogP) is 0.670. The fraction of sp³-hybridized carbons (Fsp3) is 0.500. The summed E-state index contributed by atoms with van der Waals surface area (Å²) in [5, 5.41) is 11.4. The molecular weight excluding hydrogens is 198 g/mol. The number of furan rings is 1. The van der Waals surface area contributed by atoms with Crippen LogP contribution in [-0.2, 0) is 17.8 Å². The van der Waals surface area contributed by atoms with Gasteiger partial charge in [-0.2, -0.15) is 0 Å². The molecule has 5 nitrogen and oxygen atoms in total. The molecule has 1 atom stereocenters. The van der Waals surface area contributed by atoms with Gasteiger partial charge in [-0.15, -0.1) is 0 Å². The van der Waals surface area contributed by atoms with E-state index in [0.717, 1.165) is 5.76 Å². The van der Waals surface area contributed by atoms with Gasteiger partial charge in [0.1, 0.15) is 18.1 Å². The average molecular weight is 211 g/mol. The van der Waals surface area contributed by atoms with Crippen LogP contribution in [0, 0.1) is 5.92 Å². The molecule has 1 saturated heterocycles. The number of carbonyl (C=O) groups excluding carboxylic acids is 1. The van der Waals surface area contributed by atoms with Crippen LogP contribution in [0.4, 0.5) is 4.79 Å². The fourth-order valence-corrected chi connectivity index (χ4v) is 1.56. The van der Waals surface area contributed by atoms with Crippen molar-refractivity contribution < 1.29 is 19.1 Å². The Kier molecular flexibility index (Phi) is 2.91. The summed E-state index contributed by atoms with van der Waals surface area (Å²) in [6, 6.07) is 3.58. The minimum atomic E-state index is -0.359. The molecule has 2 N–H and O–H groups in total. The van der Waals surface area contributed by atoms with E-state index in [0.29, 0.717) is 25.3 Å². The van der Waals surface area contributed by atoms with Gasteiger partial charge in [-0.05, 0) is 12.1 Å². The number of amides is 1. The first-order chi connectivity index (χ1) is 7.28. The lowest BCUT2D eigenvalue weighted by atomic mass is 10.0. The van der Waals surface area contributed by atoms with E-state index < -0.39 is 0 Å². The number of ether oxygens (including phenoxy) is 1. The van der Waals surface area contributed by atoms with E-state index in [2.05, 4.69) is 5.32 Å². The Balaban J connectivity index is 1.88. The van der Waals surface area contributed by atoms with Crippen molar-refractivity contribution in [1.29, 1.82) is 0 Å². The Hall–Kier alpha value is -1.49. The second-order valence-corrected chi connectivity index (χ2v) is 3.58. The minimum absolute atomic E-state index is 0.0854. The molecule has 0 radical (unpaired) electrons. The molecule has 1 fully saturated rings. The van der Waals surface area contributed by atoms with Crippen molar-refractivity contribution in [2.24, 2.45) is 5.92 Å². The number of carbonyl (C=O) groups is 1. The van der Waals surface area contributed by atoms with Gasteiger partial charge in [-0.1, -0.05) is 0 Å². The number of alkyl carbamates (subject to hydrolysis) is 1. The van der Waals surface area contributed by atoms with Crippen LogP contribution < -0.4 is 5.32 Å². The molecular formula is C10H13NO4. The number of hydrogen-bond donors (Lipinski definition) is 2. The summed E-state index contributed by atoms with van der Waals surface area (Å²) >= 11 is 0. The van der Waals surface area contributed by atoms with Crippen LogP contribution >= 0.6 is 0 Å². The van der Waals surface area contributed by atoms with Gasteiger partial charge in [-0.3, -0.25) is 0 Å². The molecule has 0 aromatic carbocycles. The zero-order valence-electron chi connectivity index (χ0n) is 8.23. The molecule has 82 valence electrons. The Bertz CT molecular complexity index is 337. The summed E-state index contributed by atoms with van der Waals surface area (Å²) in [5.74, 6) is 1.61. The maximum atomic E-state index is 10.7. The van der Waals surface area contributed by atoms with Crippen molar-refractivity contribution in [3.05, 3.63) is 23.7 Å². The highest BCUT2D eigenvalue weighted by Gasteiger charge is 2.20.